The number of aryl methyl sites for hydroxylation is 2. The molecule has 0 aliphatic carbocycles. The second-order valence-corrected chi connectivity index (χ2v) is 6.03. The van der Waals surface area contributed by atoms with Crippen LogP contribution in [0.3, 0.4) is 0 Å². The summed E-state index contributed by atoms with van der Waals surface area (Å²) >= 11 is 0. The molecule has 0 aliphatic rings. The second-order valence-electron chi connectivity index (χ2n) is 6.03. The second kappa shape index (κ2) is 8.19. The van der Waals surface area contributed by atoms with Crippen molar-refractivity contribution < 1.29 is 14.3 Å². The fourth-order valence-corrected chi connectivity index (χ4v) is 2.67. The van der Waals surface area contributed by atoms with Crippen molar-refractivity contribution in [2.75, 3.05) is 6.61 Å². The summed E-state index contributed by atoms with van der Waals surface area (Å²) in [5.74, 6) is 0.0914. The lowest BCUT2D eigenvalue weighted by Gasteiger charge is -2.10. The van der Waals surface area contributed by atoms with Crippen LogP contribution < -0.4 is 4.74 Å². The molecule has 3 aromatic rings. The maximum absolute atomic E-state index is 12.1. The Morgan fingerprint density at radius 2 is 1.93 bits per heavy atom. The van der Waals surface area contributed by atoms with Crippen LogP contribution in [0.15, 0.2) is 54.6 Å². The Kier molecular flexibility index (Phi) is 5.53. The molecule has 27 heavy (non-hydrogen) atoms. The van der Waals surface area contributed by atoms with Gasteiger partial charge in [0.1, 0.15) is 24.0 Å². The van der Waals surface area contributed by atoms with Crippen LogP contribution in [0.25, 0.3) is 5.69 Å². The molecule has 0 bridgehead atoms. The van der Waals surface area contributed by atoms with Gasteiger partial charge in [0.2, 0.25) is 0 Å². The molecule has 2 aromatic carbocycles. The van der Waals surface area contributed by atoms with Crippen LogP contribution in [0.1, 0.15) is 22.5 Å². The van der Waals surface area contributed by atoms with E-state index >= 15 is 0 Å². The topological polar surface area (TPSA) is 77.1 Å². The standard InChI is InChI=1S/C21H19N3O3/c1-15-7-6-10-18(11-15)26-14-21(25)27-13-20-19(12-22)16(2)23-24(20)17-8-4-3-5-9-17/h3-11H,13-14H2,1-2H3. The molecule has 0 fully saturated rings. The molecule has 0 atom stereocenters. The Morgan fingerprint density at radius 3 is 2.63 bits per heavy atom. The number of benzene rings is 2. The number of ether oxygens (including phenoxy) is 2. The molecule has 0 spiro atoms. The SMILES string of the molecule is Cc1cccc(OCC(=O)OCc2c(C#N)c(C)nn2-c2ccccc2)c1. The van der Waals surface area contributed by atoms with Gasteiger partial charge in [-0.05, 0) is 43.7 Å². The molecule has 0 unspecified atom stereocenters. The highest BCUT2D eigenvalue weighted by atomic mass is 16.6. The molecule has 1 heterocycles. The number of aromatic nitrogens is 2. The number of esters is 1. The molecule has 136 valence electrons. The average molecular weight is 361 g/mol. The molecule has 0 aliphatic heterocycles. The van der Waals surface area contributed by atoms with Crippen molar-refractivity contribution >= 4 is 5.97 Å². The van der Waals surface area contributed by atoms with Crippen molar-refractivity contribution in [2.24, 2.45) is 0 Å². The molecule has 1 aromatic heterocycles. The van der Waals surface area contributed by atoms with Gasteiger partial charge in [-0.3, -0.25) is 0 Å². The molecule has 0 radical (unpaired) electrons. The van der Waals surface area contributed by atoms with Crippen molar-refractivity contribution in [1.29, 1.82) is 5.26 Å². The van der Waals surface area contributed by atoms with Gasteiger partial charge in [0.15, 0.2) is 6.61 Å². The Labute approximate surface area is 157 Å². The highest BCUT2D eigenvalue weighted by Crippen LogP contribution is 2.19. The summed E-state index contributed by atoms with van der Waals surface area (Å²) in [5, 5.41) is 13.8. The highest BCUT2D eigenvalue weighted by Gasteiger charge is 2.18. The van der Waals surface area contributed by atoms with Crippen molar-refractivity contribution in [3.05, 3.63) is 77.1 Å². The third kappa shape index (κ3) is 4.33. The van der Waals surface area contributed by atoms with Crippen molar-refractivity contribution in [2.45, 2.75) is 20.5 Å². The largest absolute Gasteiger partial charge is 0.482 e. The van der Waals surface area contributed by atoms with Gasteiger partial charge in [-0.1, -0.05) is 30.3 Å². The smallest absolute Gasteiger partial charge is 0.344 e. The zero-order chi connectivity index (χ0) is 19.2. The van der Waals surface area contributed by atoms with Crippen LogP contribution in [0.5, 0.6) is 5.75 Å². The van der Waals surface area contributed by atoms with Crippen LogP contribution in [0.2, 0.25) is 0 Å². The van der Waals surface area contributed by atoms with Gasteiger partial charge >= 0.3 is 5.97 Å². The van der Waals surface area contributed by atoms with Gasteiger partial charge in [-0.15, -0.1) is 0 Å². The van der Waals surface area contributed by atoms with E-state index in [4.69, 9.17) is 9.47 Å². The maximum atomic E-state index is 12.1. The number of carbonyl (C=O) groups is 1. The minimum absolute atomic E-state index is 0.0609. The zero-order valence-electron chi connectivity index (χ0n) is 15.2. The Hall–Kier alpha value is -3.59. The van der Waals surface area contributed by atoms with Gasteiger partial charge < -0.3 is 9.47 Å². The van der Waals surface area contributed by atoms with E-state index in [1.165, 1.54) is 0 Å². The first-order valence-corrected chi connectivity index (χ1v) is 8.47. The van der Waals surface area contributed by atoms with Crippen molar-refractivity contribution in [3.63, 3.8) is 0 Å². The fourth-order valence-electron chi connectivity index (χ4n) is 2.67. The first kappa shape index (κ1) is 18.2. The van der Waals surface area contributed by atoms with E-state index in [0.29, 0.717) is 22.7 Å². The first-order valence-electron chi connectivity index (χ1n) is 8.47. The monoisotopic (exact) mass is 361 g/mol. The zero-order valence-corrected chi connectivity index (χ0v) is 15.2. The Morgan fingerprint density at radius 1 is 1.15 bits per heavy atom. The Balaban J connectivity index is 1.70. The number of hydrogen-bond donors (Lipinski definition) is 0. The summed E-state index contributed by atoms with van der Waals surface area (Å²) in [6, 6.07) is 19.0. The number of nitrogens with zero attached hydrogens (tertiary/aromatic N) is 3. The van der Waals surface area contributed by atoms with Crippen LogP contribution in [-0.4, -0.2) is 22.4 Å². The fraction of sp³-hybridized carbons (Fsp3) is 0.190. The van der Waals surface area contributed by atoms with E-state index in [1.807, 2.05) is 55.5 Å². The summed E-state index contributed by atoms with van der Waals surface area (Å²) in [6.45, 7) is 3.43. The number of hydrogen-bond acceptors (Lipinski definition) is 5. The van der Waals surface area contributed by atoms with Gasteiger partial charge in [-0.2, -0.15) is 10.4 Å². The first-order chi connectivity index (χ1) is 13.1. The van der Waals surface area contributed by atoms with Gasteiger partial charge in [-0.25, -0.2) is 9.48 Å². The minimum atomic E-state index is -0.515. The van der Waals surface area contributed by atoms with E-state index in [0.717, 1.165) is 11.3 Å². The quantitative estimate of drug-likeness (QED) is 0.628. The summed E-state index contributed by atoms with van der Waals surface area (Å²) in [4.78, 5) is 12.1. The number of carbonyl (C=O) groups excluding carboxylic acids is 1. The molecule has 0 saturated heterocycles. The van der Waals surface area contributed by atoms with Crippen LogP contribution in [-0.2, 0) is 16.1 Å². The van der Waals surface area contributed by atoms with E-state index in [1.54, 1.807) is 17.7 Å². The van der Waals surface area contributed by atoms with Crippen LogP contribution >= 0.6 is 0 Å². The lowest BCUT2D eigenvalue weighted by molar-refractivity contribution is -0.147. The maximum Gasteiger partial charge on any atom is 0.344 e. The summed E-state index contributed by atoms with van der Waals surface area (Å²) in [6.07, 6.45) is 0. The molecule has 0 N–H and O–H groups in total. The molecule has 0 amide bonds. The van der Waals surface area contributed by atoms with Gasteiger partial charge in [0, 0.05) is 0 Å². The predicted octanol–water partition coefficient (Wildman–Crippen LogP) is 3.48. The van der Waals surface area contributed by atoms with E-state index < -0.39 is 5.97 Å². The summed E-state index contributed by atoms with van der Waals surface area (Å²) in [7, 11) is 0. The van der Waals surface area contributed by atoms with Crippen LogP contribution in [0, 0.1) is 25.2 Å². The molecular formula is C21H19N3O3. The van der Waals surface area contributed by atoms with Crippen LogP contribution in [0.4, 0.5) is 0 Å². The van der Waals surface area contributed by atoms with E-state index in [9.17, 15) is 10.1 Å². The van der Waals surface area contributed by atoms with E-state index in [2.05, 4.69) is 11.2 Å². The minimum Gasteiger partial charge on any atom is -0.482 e. The van der Waals surface area contributed by atoms with Gasteiger partial charge in [0.25, 0.3) is 0 Å². The van der Waals surface area contributed by atoms with Crippen molar-refractivity contribution in [1.82, 2.24) is 9.78 Å². The lowest BCUT2D eigenvalue weighted by atomic mass is 10.2. The molecule has 3 rings (SSSR count). The summed E-state index contributed by atoms with van der Waals surface area (Å²) < 4.78 is 12.4. The Bertz CT molecular complexity index is 988. The lowest BCUT2D eigenvalue weighted by Crippen LogP contribution is -2.16. The molecule has 0 saturated carbocycles. The normalized spacial score (nSPS) is 10.3. The number of para-hydroxylation sites is 1. The van der Waals surface area contributed by atoms with E-state index in [-0.39, 0.29) is 13.2 Å². The summed E-state index contributed by atoms with van der Waals surface area (Å²) in [5.41, 5.74) is 3.37. The molecule has 6 heteroatoms. The third-order valence-corrected chi connectivity index (χ3v) is 3.98. The van der Waals surface area contributed by atoms with Gasteiger partial charge in [0.05, 0.1) is 17.1 Å². The highest BCUT2D eigenvalue weighted by molar-refractivity contribution is 5.71. The molecular weight excluding hydrogens is 342 g/mol. The number of nitriles is 1. The number of rotatable bonds is 6. The van der Waals surface area contributed by atoms with Crippen molar-refractivity contribution in [3.8, 4) is 17.5 Å². The average Bonchev–Trinajstić information content (AvgIpc) is 3.01. The molecule has 6 nitrogen and oxygen atoms in total. The predicted molar refractivity (Wildman–Crippen MR) is 99.5 cm³/mol. The third-order valence-electron chi connectivity index (χ3n) is 3.98.